The smallest absolute Gasteiger partial charge is 0.267 e. The van der Waals surface area contributed by atoms with Crippen LogP contribution in [-0.4, -0.2) is 38.5 Å². The molecule has 22 heavy (non-hydrogen) atoms. The van der Waals surface area contributed by atoms with Crippen LogP contribution in [0.4, 0.5) is 5.69 Å². The van der Waals surface area contributed by atoms with Crippen molar-refractivity contribution < 1.29 is 17.7 Å². The highest BCUT2D eigenvalue weighted by atomic mass is 32.2. The normalized spacial score (nSPS) is 11.3. The van der Waals surface area contributed by atoms with E-state index in [4.69, 9.17) is 4.52 Å². The topological polar surface area (TPSA) is 92.5 Å². The van der Waals surface area contributed by atoms with E-state index in [1.54, 1.807) is 39.2 Å². The molecule has 1 aromatic carbocycles. The first-order chi connectivity index (χ1) is 10.2. The Bertz CT molecular complexity index is 790. The van der Waals surface area contributed by atoms with Gasteiger partial charge in [0, 0.05) is 25.3 Å². The van der Waals surface area contributed by atoms with Gasteiger partial charge in [-0.2, -0.15) is 0 Å². The van der Waals surface area contributed by atoms with Gasteiger partial charge in [0.25, 0.3) is 15.9 Å². The molecule has 2 rings (SSSR count). The van der Waals surface area contributed by atoms with Crippen molar-refractivity contribution in [3.05, 3.63) is 41.3 Å². The SMILES string of the molecule is Cc1noc(C)c1S(=O)(=O)Nc1cccc(C(=O)N(C)C)c1. The van der Waals surface area contributed by atoms with Gasteiger partial charge in [-0.3, -0.25) is 9.52 Å². The minimum Gasteiger partial charge on any atom is -0.360 e. The monoisotopic (exact) mass is 323 g/mol. The highest BCUT2D eigenvalue weighted by Gasteiger charge is 2.24. The quantitative estimate of drug-likeness (QED) is 0.926. The van der Waals surface area contributed by atoms with Crippen molar-refractivity contribution in [2.45, 2.75) is 18.7 Å². The number of hydrogen-bond donors (Lipinski definition) is 1. The molecule has 0 aliphatic carbocycles. The molecular formula is C14H17N3O4S. The van der Waals surface area contributed by atoms with E-state index in [2.05, 4.69) is 9.88 Å². The summed E-state index contributed by atoms with van der Waals surface area (Å²) in [5.74, 6) is 0.00362. The van der Waals surface area contributed by atoms with Crippen LogP contribution in [0.15, 0.2) is 33.7 Å². The molecule has 0 aliphatic rings. The highest BCUT2D eigenvalue weighted by Crippen LogP contribution is 2.22. The van der Waals surface area contributed by atoms with E-state index < -0.39 is 10.0 Å². The zero-order valence-corrected chi connectivity index (χ0v) is 13.6. The summed E-state index contributed by atoms with van der Waals surface area (Å²) in [5, 5.41) is 3.64. The molecule has 118 valence electrons. The van der Waals surface area contributed by atoms with Gasteiger partial charge in [0.1, 0.15) is 5.69 Å². The molecule has 8 heteroatoms. The Balaban J connectivity index is 2.35. The van der Waals surface area contributed by atoms with E-state index in [0.717, 1.165) is 0 Å². The lowest BCUT2D eigenvalue weighted by Crippen LogP contribution is -2.22. The summed E-state index contributed by atoms with van der Waals surface area (Å²) in [6, 6.07) is 6.29. The molecule has 2 aromatic rings. The molecule has 0 bridgehead atoms. The van der Waals surface area contributed by atoms with Crippen LogP contribution in [0.5, 0.6) is 0 Å². The Morgan fingerprint density at radius 1 is 1.27 bits per heavy atom. The third-order valence-corrected chi connectivity index (χ3v) is 4.63. The fourth-order valence-corrected chi connectivity index (χ4v) is 3.42. The third-order valence-electron chi connectivity index (χ3n) is 3.00. The van der Waals surface area contributed by atoms with Crippen LogP contribution in [0, 0.1) is 13.8 Å². The summed E-state index contributed by atoms with van der Waals surface area (Å²) in [6.45, 7) is 3.08. The van der Waals surface area contributed by atoms with E-state index in [9.17, 15) is 13.2 Å². The molecule has 1 amide bonds. The predicted molar refractivity (Wildman–Crippen MR) is 81.2 cm³/mol. The van der Waals surface area contributed by atoms with Gasteiger partial charge in [-0.05, 0) is 32.0 Å². The lowest BCUT2D eigenvalue weighted by atomic mass is 10.2. The van der Waals surface area contributed by atoms with E-state index in [1.807, 2.05) is 0 Å². The number of nitrogens with one attached hydrogen (secondary N) is 1. The largest absolute Gasteiger partial charge is 0.360 e. The van der Waals surface area contributed by atoms with Crippen molar-refractivity contribution in [1.82, 2.24) is 10.1 Å². The summed E-state index contributed by atoms with van der Waals surface area (Å²) in [6.07, 6.45) is 0. The molecule has 0 atom stereocenters. The first-order valence-corrected chi connectivity index (χ1v) is 7.98. The number of carbonyl (C=O) groups excluding carboxylic acids is 1. The number of benzene rings is 1. The number of amides is 1. The molecule has 0 saturated heterocycles. The minimum absolute atomic E-state index is 0.0110. The average molecular weight is 323 g/mol. The summed E-state index contributed by atoms with van der Waals surface area (Å²) < 4.78 is 32.1. The highest BCUT2D eigenvalue weighted by molar-refractivity contribution is 7.92. The van der Waals surface area contributed by atoms with Gasteiger partial charge in [-0.25, -0.2) is 8.42 Å². The van der Waals surface area contributed by atoms with Crippen LogP contribution in [0.25, 0.3) is 0 Å². The molecule has 1 N–H and O–H groups in total. The molecule has 7 nitrogen and oxygen atoms in total. The zero-order chi connectivity index (χ0) is 16.5. The lowest BCUT2D eigenvalue weighted by molar-refractivity contribution is 0.0827. The minimum atomic E-state index is -3.83. The number of hydrogen-bond acceptors (Lipinski definition) is 5. The van der Waals surface area contributed by atoms with Gasteiger partial charge in [0.05, 0.1) is 0 Å². The molecule has 0 saturated carbocycles. The molecule has 0 aliphatic heterocycles. The van der Waals surface area contributed by atoms with E-state index >= 15 is 0 Å². The first-order valence-electron chi connectivity index (χ1n) is 6.50. The van der Waals surface area contributed by atoms with Crippen LogP contribution in [0.3, 0.4) is 0 Å². The van der Waals surface area contributed by atoms with Gasteiger partial charge in [0.15, 0.2) is 10.7 Å². The maximum atomic E-state index is 12.4. The predicted octanol–water partition coefficient (Wildman–Crippen LogP) is 1.79. The molecule has 0 radical (unpaired) electrons. The first kappa shape index (κ1) is 16.0. The number of rotatable bonds is 4. The number of carbonyl (C=O) groups is 1. The number of sulfonamides is 1. The maximum absolute atomic E-state index is 12.4. The average Bonchev–Trinajstić information content (AvgIpc) is 2.77. The molecule has 1 heterocycles. The Kier molecular flexibility index (Phi) is 4.23. The fraction of sp³-hybridized carbons (Fsp3) is 0.286. The van der Waals surface area contributed by atoms with Gasteiger partial charge in [-0.1, -0.05) is 11.2 Å². The fourth-order valence-electron chi connectivity index (χ4n) is 2.04. The summed E-state index contributed by atoms with van der Waals surface area (Å²) in [5.41, 5.74) is 0.974. The second-order valence-electron chi connectivity index (χ2n) is 5.04. The molecule has 0 spiro atoms. The van der Waals surface area contributed by atoms with Crippen LogP contribution < -0.4 is 4.72 Å². The number of aromatic nitrogens is 1. The van der Waals surface area contributed by atoms with Crippen molar-refractivity contribution >= 4 is 21.6 Å². The molecular weight excluding hydrogens is 306 g/mol. The van der Waals surface area contributed by atoms with Crippen molar-refractivity contribution in [2.75, 3.05) is 18.8 Å². The van der Waals surface area contributed by atoms with Crippen molar-refractivity contribution in [3.63, 3.8) is 0 Å². The lowest BCUT2D eigenvalue weighted by Gasteiger charge is -2.12. The summed E-state index contributed by atoms with van der Waals surface area (Å²) in [7, 11) is -0.569. The van der Waals surface area contributed by atoms with Crippen LogP contribution in [-0.2, 0) is 10.0 Å². The molecule has 0 unspecified atom stereocenters. The molecule has 1 aromatic heterocycles. The summed E-state index contributed by atoms with van der Waals surface area (Å²) >= 11 is 0. The number of aryl methyl sites for hydroxylation is 2. The summed E-state index contributed by atoms with van der Waals surface area (Å²) in [4.78, 5) is 13.4. The van der Waals surface area contributed by atoms with E-state index in [1.165, 1.54) is 17.9 Å². The Morgan fingerprint density at radius 3 is 2.50 bits per heavy atom. The van der Waals surface area contributed by atoms with Crippen molar-refractivity contribution in [1.29, 1.82) is 0 Å². The molecule has 0 fully saturated rings. The van der Waals surface area contributed by atoms with E-state index in [0.29, 0.717) is 11.3 Å². The second-order valence-corrected chi connectivity index (χ2v) is 6.66. The Labute approximate surface area is 129 Å². The van der Waals surface area contributed by atoms with Gasteiger partial charge in [-0.15, -0.1) is 0 Å². The van der Waals surface area contributed by atoms with Crippen LogP contribution >= 0.6 is 0 Å². The number of anilines is 1. The van der Waals surface area contributed by atoms with Crippen LogP contribution in [0.1, 0.15) is 21.8 Å². The Hall–Kier alpha value is -2.35. The Morgan fingerprint density at radius 2 is 1.95 bits per heavy atom. The maximum Gasteiger partial charge on any atom is 0.267 e. The number of nitrogens with zero attached hydrogens (tertiary/aromatic N) is 2. The van der Waals surface area contributed by atoms with Gasteiger partial charge < -0.3 is 9.42 Å². The van der Waals surface area contributed by atoms with Crippen LogP contribution in [0.2, 0.25) is 0 Å². The third kappa shape index (κ3) is 3.11. The van der Waals surface area contributed by atoms with Gasteiger partial charge in [0.2, 0.25) is 0 Å². The van der Waals surface area contributed by atoms with Crippen molar-refractivity contribution in [2.24, 2.45) is 0 Å². The van der Waals surface area contributed by atoms with E-state index in [-0.39, 0.29) is 22.3 Å². The van der Waals surface area contributed by atoms with Crippen molar-refractivity contribution in [3.8, 4) is 0 Å². The zero-order valence-electron chi connectivity index (χ0n) is 12.7. The standard InChI is InChI=1S/C14H17N3O4S/c1-9-13(10(2)21-15-9)22(19,20)16-12-7-5-6-11(8-12)14(18)17(3)4/h5-8,16H,1-4H3. The second kappa shape index (κ2) is 5.80. The van der Waals surface area contributed by atoms with Gasteiger partial charge >= 0.3 is 0 Å².